The molecule has 0 bridgehead atoms. The normalized spacial score (nSPS) is 16.6. The summed E-state index contributed by atoms with van der Waals surface area (Å²) in [5.41, 5.74) is 3.34. The standard InChI is InChI=1S/C22H20N4O/c23-13-16-6-1-2-8-19(16)20-12-17(21-9-3-4-11-25-21)15-26(22(20)27)18-7-5-10-24-14-18/h1-4,6,8-9,11-12,15,18,24H,5,7,10,14H2. The molecule has 3 aromatic rings. The number of aromatic nitrogens is 2. The van der Waals surface area contributed by atoms with Gasteiger partial charge in [-0.25, -0.2) is 0 Å². The number of nitriles is 1. The molecule has 1 N–H and O–H groups in total. The van der Waals surface area contributed by atoms with E-state index in [0.717, 1.165) is 37.2 Å². The lowest BCUT2D eigenvalue weighted by Crippen LogP contribution is -2.36. The van der Waals surface area contributed by atoms with E-state index in [2.05, 4.69) is 16.4 Å². The Morgan fingerprint density at radius 2 is 2.00 bits per heavy atom. The summed E-state index contributed by atoms with van der Waals surface area (Å²) in [4.78, 5) is 17.8. The Morgan fingerprint density at radius 3 is 2.74 bits per heavy atom. The zero-order valence-electron chi connectivity index (χ0n) is 14.9. The van der Waals surface area contributed by atoms with Gasteiger partial charge in [-0.15, -0.1) is 0 Å². The summed E-state index contributed by atoms with van der Waals surface area (Å²) in [6, 6.07) is 17.1. The summed E-state index contributed by atoms with van der Waals surface area (Å²) in [6.07, 6.45) is 5.64. The molecule has 2 aromatic heterocycles. The molecule has 1 saturated heterocycles. The molecule has 134 valence electrons. The van der Waals surface area contributed by atoms with E-state index in [1.54, 1.807) is 12.3 Å². The van der Waals surface area contributed by atoms with Crippen molar-refractivity contribution in [3.63, 3.8) is 0 Å². The highest BCUT2D eigenvalue weighted by Crippen LogP contribution is 2.27. The maximum atomic E-state index is 13.3. The van der Waals surface area contributed by atoms with Crippen LogP contribution in [0.2, 0.25) is 0 Å². The lowest BCUT2D eigenvalue weighted by Gasteiger charge is -2.26. The van der Waals surface area contributed by atoms with Crippen LogP contribution in [-0.4, -0.2) is 22.6 Å². The van der Waals surface area contributed by atoms with Crippen LogP contribution in [0.4, 0.5) is 0 Å². The molecule has 1 fully saturated rings. The Kier molecular flexibility index (Phi) is 4.82. The summed E-state index contributed by atoms with van der Waals surface area (Å²) >= 11 is 0. The van der Waals surface area contributed by atoms with Gasteiger partial charge in [0.05, 0.1) is 17.3 Å². The van der Waals surface area contributed by atoms with Crippen LogP contribution >= 0.6 is 0 Å². The first-order valence-electron chi connectivity index (χ1n) is 9.16. The van der Waals surface area contributed by atoms with E-state index in [0.29, 0.717) is 16.7 Å². The highest BCUT2D eigenvalue weighted by atomic mass is 16.1. The number of hydrogen-bond donors (Lipinski definition) is 1. The van der Waals surface area contributed by atoms with E-state index in [-0.39, 0.29) is 11.6 Å². The first-order valence-corrected chi connectivity index (χ1v) is 9.16. The van der Waals surface area contributed by atoms with Gasteiger partial charge in [-0.2, -0.15) is 5.26 Å². The molecular weight excluding hydrogens is 336 g/mol. The van der Waals surface area contributed by atoms with Crippen molar-refractivity contribution < 1.29 is 0 Å². The molecule has 1 aliphatic heterocycles. The van der Waals surface area contributed by atoms with E-state index in [9.17, 15) is 10.1 Å². The van der Waals surface area contributed by atoms with Crippen LogP contribution in [0.1, 0.15) is 24.4 Å². The molecule has 1 unspecified atom stereocenters. The fourth-order valence-corrected chi connectivity index (χ4v) is 3.63. The van der Waals surface area contributed by atoms with Crippen molar-refractivity contribution >= 4 is 0 Å². The van der Waals surface area contributed by atoms with Crippen molar-refractivity contribution in [3.8, 4) is 28.5 Å². The Labute approximate surface area is 157 Å². The molecular formula is C22H20N4O. The van der Waals surface area contributed by atoms with E-state index < -0.39 is 0 Å². The summed E-state index contributed by atoms with van der Waals surface area (Å²) in [7, 11) is 0. The van der Waals surface area contributed by atoms with E-state index in [4.69, 9.17) is 0 Å². The third-order valence-corrected chi connectivity index (χ3v) is 5.01. The van der Waals surface area contributed by atoms with E-state index >= 15 is 0 Å². The van der Waals surface area contributed by atoms with Crippen LogP contribution < -0.4 is 10.9 Å². The molecule has 0 amide bonds. The number of pyridine rings is 2. The maximum absolute atomic E-state index is 13.3. The van der Waals surface area contributed by atoms with E-state index in [1.807, 2.05) is 53.2 Å². The summed E-state index contributed by atoms with van der Waals surface area (Å²) < 4.78 is 1.82. The Hall–Kier alpha value is -3.23. The Morgan fingerprint density at radius 1 is 1.15 bits per heavy atom. The van der Waals surface area contributed by atoms with Crippen LogP contribution in [0.3, 0.4) is 0 Å². The van der Waals surface area contributed by atoms with Crippen LogP contribution in [0.5, 0.6) is 0 Å². The maximum Gasteiger partial charge on any atom is 0.258 e. The van der Waals surface area contributed by atoms with E-state index in [1.165, 1.54) is 0 Å². The lowest BCUT2D eigenvalue weighted by atomic mass is 9.98. The minimum absolute atomic E-state index is 0.0638. The molecule has 3 heterocycles. The fourth-order valence-electron chi connectivity index (χ4n) is 3.63. The zero-order chi connectivity index (χ0) is 18.6. The predicted molar refractivity (Wildman–Crippen MR) is 105 cm³/mol. The van der Waals surface area contributed by atoms with Gasteiger partial charge < -0.3 is 9.88 Å². The van der Waals surface area contributed by atoms with Crippen molar-refractivity contribution in [2.24, 2.45) is 0 Å². The monoisotopic (exact) mass is 356 g/mol. The summed E-state index contributed by atoms with van der Waals surface area (Å²) in [6.45, 7) is 1.75. The average molecular weight is 356 g/mol. The molecule has 1 atom stereocenters. The largest absolute Gasteiger partial charge is 0.315 e. The third kappa shape index (κ3) is 3.40. The number of piperidine rings is 1. The number of nitrogens with zero attached hydrogens (tertiary/aromatic N) is 3. The third-order valence-electron chi connectivity index (χ3n) is 5.01. The quantitative estimate of drug-likeness (QED) is 0.781. The fraction of sp³-hybridized carbons (Fsp3) is 0.227. The highest BCUT2D eigenvalue weighted by Gasteiger charge is 2.20. The minimum Gasteiger partial charge on any atom is -0.315 e. The van der Waals surface area contributed by atoms with Gasteiger partial charge in [0.25, 0.3) is 5.56 Å². The second kappa shape index (κ2) is 7.56. The Balaban J connectivity index is 1.95. The molecule has 1 aromatic carbocycles. The number of rotatable bonds is 3. The Bertz CT molecular complexity index is 1040. The van der Waals surface area contributed by atoms with Gasteiger partial charge in [0.15, 0.2) is 0 Å². The first kappa shape index (κ1) is 17.2. The second-order valence-electron chi connectivity index (χ2n) is 6.73. The summed E-state index contributed by atoms with van der Waals surface area (Å²) in [5.74, 6) is 0. The van der Waals surface area contributed by atoms with Gasteiger partial charge in [0, 0.05) is 41.7 Å². The van der Waals surface area contributed by atoms with Gasteiger partial charge in [0.1, 0.15) is 0 Å². The first-order chi connectivity index (χ1) is 13.3. The van der Waals surface area contributed by atoms with Crippen LogP contribution in [-0.2, 0) is 0 Å². The molecule has 0 aliphatic carbocycles. The second-order valence-corrected chi connectivity index (χ2v) is 6.73. The van der Waals surface area contributed by atoms with Gasteiger partial charge in [-0.3, -0.25) is 9.78 Å². The molecule has 0 radical (unpaired) electrons. The molecule has 1 aliphatic rings. The molecule has 4 rings (SSSR count). The van der Waals surface area contributed by atoms with Gasteiger partial charge in [-0.05, 0) is 43.7 Å². The van der Waals surface area contributed by atoms with Gasteiger partial charge >= 0.3 is 0 Å². The average Bonchev–Trinajstić information content (AvgIpc) is 2.75. The number of nitrogens with one attached hydrogen (secondary N) is 1. The highest BCUT2D eigenvalue weighted by molar-refractivity contribution is 5.74. The molecule has 5 heteroatoms. The van der Waals surface area contributed by atoms with Crippen LogP contribution in [0, 0.1) is 11.3 Å². The van der Waals surface area contributed by atoms with Crippen LogP contribution in [0.15, 0.2) is 65.7 Å². The molecule has 5 nitrogen and oxygen atoms in total. The smallest absolute Gasteiger partial charge is 0.258 e. The lowest BCUT2D eigenvalue weighted by molar-refractivity contribution is 0.365. The minimum atomic E-state index is -0.0638. The van der Waals surface area contributed by atoms with Crippen molar-refractivity contribution in [1.82, 2.24) is 14.9 Å². The van der Waals surface area contributed by atoms with Crippen molar-refractivity contribution in [2.75, 3.05) is 13.1 Å². The molecule has 27 heavy (non-hydrogen) atoms. The summed E-state index contributed by atoms with van der Waals surface area (Å²) in [5, 5.41) is 12.9. The predicted octanol–water partition coefficient (Wildman–Crippen LogP) is 3.37. The number of benzene rings is 1. The van der Waals surface area contributed by atoms with Crippen LogP contribution in [0.25, 0.3) is 22.4 Å². The molecule has 0 spiro atoms. The number of hydrogen-bond acceptors (Lipinski definition) is 4. The van der Waals surface area contributed by atoms with Crippen molar-refractivity contribution in [3.05, 3.63) is 76.8 Å². The van der Waals surface area contributed by atoms with Crippen molar-refractivity contribution in [1.29, 1.82) is 5.26 Å². The SMILES string of the molecule is N#Cc1ccccc1-c1cc(-c2ccccn2)cn(C2CCCNC2)c1=O. The van der Waals surface area contributed by atoms with Gasteiger partial charge in [-0.1, -0.05) is 24.3 Å². The zero-order valence-corrected chi connectivity index (χ0v) is 14.9. The molecule has 0 saturated carbocycles. The topological polar surface area (TPSA) is 70.7 Å². The van der Waals surface area contributed by atoms with Crippen molar-refractivity contribution in [2.45, 2.75) is 18.9 Å². The van der Waals surface area contributed by atoms with Gasteiger partial charge in [0.2, 0.25) is 0 Å².